The normalized spacial score (nSPS) is 11.0. The second-order valence-electron chi connectivity index (χ2n) is 4.08. The summed E-state index contributed by atoms with van der Waals surface area (Å²) in [6.07, 6.45) is 2.01. The van der Waals surface area contributed by atoms with Crippen LogP contribution in [0.15, 0.2) is 53.3 Å². The summed E-state index contributed by atoms with van der Waals surface area (Å²) in [6, 6.07) is 14.2. The monoisotopic (exact) mass is 301 g/mol. The van der Waals surface area contributed by atoms with Crippen LogP contribution in [0.25, 0.3) is 16.9 Å². The summed E-state index contributed by atoms with van der Waals surface area (Å²) in [4.78, 5) is 4.56. The summed E-state index contributed by atoms with van der Waals surface area (Å²) in [5.74, 6) is 0.932. The molecule has 0 aliphatic rings. The van der Waals surface area contributed by atoms with Crippen LogP contribution >= 0.6 is 15.9 Å². The number of halogens is 1. The van der Waals surface area contributed by atoms with E-state index in [0.717, 1.165) is 27.1 Å². The van der Waals surface area contributed by atoms with Gasteiger partial charge < -0.3 is 5.73 Å². The summed E-state index contributed by atoms with van der Waals surface area (Å²) in [7, 11) is 0. The predicted molar refractivity (Wildman–Crippen MR) is 76.2 cm³/mol. The molecule has 2 N–H and O–H groups in total. The molecule has 0 aliphatic carbocycles. The Labute approximate surface area is 113 Å². The quantitative estimate of drug-likeness (QED) is 0.790. The Bertz CT molecular complexity index is 686. The third kappa shape index (κ3) is 1.83. The molecule has 3 rings (SSSR count). The molecule has 18 heavy (non-hydrogen) atoms. The SMILES string of the molecule is NCc1ccc(-c2nc(Br)c3ccccn23)cc1. The van der Waals surface area contributed by atoms with Gasteiger partial charge in [-0.2, -0.15) is 0 Å². The minimum atomic E-state index is 0.562. The topological polar surface area (TPSA) is 43.3 Å². The van der Waals surface area contributed by atoms with Crippen molar-refractivity contribution in [3.8, 4) is 11.4 Å². The van der Waals surface area contributed by atoms with Crippen LogP contribution in [0, 0.1) is 0 Å². The van der Waals surface area contributed by atoms with E-state index in [1.165, 1.54) is 0 Å². The van der Waals surface area contributed by atoms with Gasteiger partial charge in [-0.1, -0.05) is 30.3 Å². The lowest BCUT2D eigenvalue weighted by molar-refractivity contribution is 1.07. The highest BCUT2D eigenvalue weighted by Gasteiger charge is 2.09. The average molecular weight is 302 g/mol. The van der Waals surface area contributed by atoms with Crippen LogP contribution in [0.4, 0.5) is 0 Å². The minimum absolute atomic E-state index is 0.562. The zero-order valence-corrected chi connectivity index (χ0v) is 11.3. The summed E-state index contributed by atoms with van der Waals surface area (Å²) < 4.78 is 2.93. The number of benzene rings is 1. The van der Waals surface area contributed by atoms with Gasteiger partial charge in [-0.3, -0.25) is 4.40 Å². The van der Waals surface area contributed by atoms with Crippen molar-refractivity contribution in [3.05, 3.63) is 58.8 Å². The molecule has 0 bridgehead atoms. The Morgan fingerprint density at radius 1 is 1.11 bits per heavy atom. The van der Waals surface area contributed by atoms with Gasteiger partial charge in [-0.15, -0.1) is 0 Å². The molecule has 0 radical (unpaired) electrons. The second kappa shape index (κ2) is 4.55. The van der Waals surface area contributed by atoms with E-state index in [1.807, 2.05) is 36.5 Å². The van der Waals surface area contributed by atoms with E-state index in [0.29, 0.717) is 6.54 Å². The van der Waals surface area contributed by atoms with Gasteiger partial charge in [-0.25, -0.2) is 4.98 Å². The van der Waals surface area contributed by atoms with Gasteiger partial charge in [0.25, 0.3) is 0 Å². The maximum Gasteiger partial charge on any atom is 0.145 e. The minimum Gasteiger partial charge on any atom is -0.326 e. The van der Waals surface area contributed by atoms with Crippen molar-refractivity contribution < 1.29 is 0 Å². The Morgan fingerprint density at radius 3 is 2.61 bits per heavy atom. The molecule has 0 saturated heterocycles. The van der Waals surface area contributed by atoms with Crippen molar-refractivity contribution in [2.24, 2.45) is 5.73 Å². The van der Waals surface area contributed by atoms with Gasteiger partial charge in [0.05, 0.1) is 5.52 Å². The molecule has 0 aliphatic heterocycles. The van der Waals surface area contributed by atoms with Crippen LogP contribution < -0.4 is 5.73 Å². The van der Waals surface area contributed by atoms with E-state index in [2.05, 4.69) is 37.4 Å². The standard InChI is InChI=1S/C14H12BrN3/c15-13-12-3-1-2-8-18(12)14(17-13)11-6-4-10(9-16)5-7-11/h1-8H,9,16H2. The fourth-order valence-corrected chi connectivity index (χ4v) is 2.48. The number of rotatable bonds is 2. The molecule has 90 valence electrons. The van der Waals surface area contributed by atoms with Crippen molar-refractivity contribution in [2.45, 2.75) is 6.54 Å². The molecule has 0 unspecified atom stereocenters. The van der Waals surface area contributed by atoms with Crippen molar-refractivity contribution in [3.63, 3.8) is 0 Å². The highest BCUT2D eigenvalue weighted by molar-refractivity contribution is 9.10. The molecule has 0 saturated carbocycles. The van der Waals surface area contributed by atoms with Crippen LogP contribution in [0.5, 0.6) is 0 Å². The molecule has 3 aromatic rings. The zero-order valence-electron chi connectivity index (χ0n) is 9.68. The van der Waals surface area contributed by atoms with Crippen LogP contribution in [0.2, 0.25) is 0 Å². The number of hydrogen-bond acceptors (Lipinski definition) is 2. The van der Waals surface area contributed by atoms with Crippen molar-refractivity contribution >= 4 is 21.4 Å². The van der Waals surface area contributed by atoms with Gasteiger partial charge in [0.15, 0.2) is 0 Å². The molecular formula is C14H12BrN3. The second-order valence-corrected chi connectivity index (χ2v) is 4.83. The molecule has 2 aromatic heterocycles. The molecule has 4 heteroatoms. The van der Waals surface area contributed by atoms with Gasteiger partial charge in [-0.05, 0) is 33.6 Å². The van der Waals surface area contributed by atoms with Gasteiger partial charge in [0.2, 0.25) is 0 Å². The highest BCUT2D eigenvalue weighted by Crippen LogP contribution is 2.25. The molecule has 0 spiro atoms. The van der Waals surface area contributed by atoms with Crippen LogP contribution in [-0.4, -0.2) is 9.38 Å². The summed E-state index contributed by atoms with van der Waals surface area (Å²) in [6.45, 7) is 0.562. The Hall–Kier alpha value is -1.65. The summed E-state index contributed by atoms with van der Waals surface area (Å²) in [5.41, 5.74) is 8.88. The molecule has 1 aromatic carbocycles. The van der Waals surface area contributed by atoms with E-state index in [4.69, 9.17) is 5.73 Å². The molecule has 0 atom stereocenters. The predicted octanol–water partition coefficient (Wildman–Crippen LogP) is 3.22. The molecule has 0 amide bonds. The molecule has 3 nitrogen and oxygen atoms in total. The first kappa shape index (κ1) is 11.4. The van der Waals surface area contributed by atoms with Crippen molar-refractivity contribution in [2.75, 3.05) is 0 Å². The van der Waals surface area contributed by atoms with Crippen LogP contribution in [-0.2, 0) is 6.54 Å². The fourth-order valence-electron chi connectivity index (χ4n) is 1.99. The number of nitrogens with zero attached hydrogens (tertiary/aromatic N) is 2. The smallest absolute Gasteiger partial charge is 0.145 e. The van der Waals surface area contributed by atoms with E-state index in [1.54, 1.807) is 0 Å². The highest BCUT2D eigenvalue weighted by atomic mass is 79.9. The summed E-state index contributed by atoms with van der Waals surface area (Å²) in [5, 5.41) is 0. The largest absolute Gasteiger partial charge is 0.326 e. The molecular weight excluding hydrogens is 290 g/mol. The summed E-state index contributed by atoms with van der Waals surface area (Å²) >= 11 is 3.49. The van der Waals surface area contributed by atoms with E-state index >= 15 is 0 Å². The molecule has 0 fully saturated rings. The van der Waals surface area contributed by atoms with Crippen LogP contribution in [0.1, 0.15) is 5.56 Å². The first-order chi connectivity index (χ1) is 8.79. The van der Waals surface area contributed by atoms with Gasteiger partial charge in [0, 0.05) is 18.3 Å². The van der Waals surface area contributed by atoms with Crippen LogP contribution in [0.3, 0.4) is 0 Å². The maximum atomic E-state index is 5.60. The first-order valence-corrected chi connectivity index (χ1v) is 6.51. The van der Waals surface area contributed by atoms with E-state index in [-0.39, 0.29) is 0 Å². The van der Waals surface area contributed by atoms with Gasteiger partial charge in [0.1, 0.15) is 10.4 Å². The first-order valence-electron chi connectivity index (χ1n) is 5.71. The number of hydrogen-bond donors (Lipinski definition) is 1. The van der Waals surface area contributed by atoms with E-state index in [9.17, 15) is 0 Å². The lowest BCUT2D eigenvalue weighted by atomic mass is 10.1. The lowest BCUT2D eigenvalue weighted by Crippen LogP contribution is -1.96. The van der Waals surface area contributed by atoms with E-state index < -0.39 is 0 Å². The van der Waals surface area contributed by atoms with Crippen molar-refractivity contribution in [1.82, 2.24) is 9.38 Å². The van der Waals surface area contributed by atoms with Gasteiger partial charge >= 0.3 is 0 Å². The Balaban J connectivity index is 2.18. The lowest BCUT2D eigenvalue weighted by Gasteiger charge is -2.02. The fraction of sp³-hybridized carbons (Fsp3) is 0.0714. The number of pyridine rings is 1. The number of imidazole rings is 1. The zero-order chi connectivity index (χ0) is 12.5. The average Bonchev–Trinajstić information content (AvgIpc) is 2.77. The Kier molecular flexibility index (Phi) is 2.89. The number of fused-ring (bicyclic) bond motifs is 1. The van der Waals surface area contributed by atoms with Crippen molar-refractivity contribution in [1.29, 1.82) is 0 Å². The molecule has 2 heterocycles. The Morgan fingerprint density at radius 2 is 1.89 bits per heavy atom. The number of nitrogens with two attached hydrogens (primary N) is 1. The number of aromatic nitrogens is 2. The third-order valence-corrected chi connectivity index (χ3v) is 3.53. The third-order valence-electron chi connectivity index (χ3n) is 2.95. The maximum absolute atomic E-state index is 5.60.